The molecule has 0 spiro atoms. The van der Waals surface area contributed by atoms with Crippen molar-refractivity contribution in [3.8, 4) is 11.1 Å². The maximum Gasteiger partial charge on any atom is 0.317 e. The summed E-state index contributed by atoms with van der Waals surface area (Å²) < 4.78 is 0. The number of benzene rings is 2. The number of hydrogen-bond donors (Lipinski definition) is 2. The van der Waals surface area contributed by atoms with Gasteiger partial charge in [0.1, 0.15) is 0 Å². The van der Waals surface area contributed by atoms with E-state index in [-0.39, 0.29) is 6.54 Å². The SMILES string of the molecule is Cc1ccccc1-c1ccccc1CNC1CC(N(CC(=O)O)CC2CC2)C1. The molecule has 2 aromatic rings. The first kappa shape index (κ1) is 19.2. The number of carboxylic acids is 1. The Labute approximate surface area is 167 Å². The molecule has 2 N–H and O–H groups in total. The third kappa shape index (κ3) is 4.62. The first-order chi connectivity index (χ1) is 13.6. The van der Waals surface area contributed by atoms with Crippen LogP contribution in [-0.2, 0) is 11.3 Å². The van der Waals surface area contributed by atoms with Gasteiger partial charge in [-0.2, -0.15) is 0 Å². The Bertz CT molecular complexity index is 825. The second kappa shape index (κ2) is 8.46. The molecule has 0 heterocycles. The number of aliphatic carboxylic acids is 1. The standard InChI is InChI=1S/C24H30N2O2/c1-17-6-2-4-8-22(17)23-9-5-3-7-19(23)14-25-20-12-21(13-20)26(16-24(27)28)15-18-10-11-18/h2-9,18,20-21,25H,10-16H2,1H3,(H,27,28). The monoisotopic (exact) mass is 378 g/mol. The smallest absolute Gasteiger partial charge is 0.317 e. The fourth-order valence-corrected chi connectivity index (χ4v) is 4.27. The van der Waals surface area contributed by atoms with Gasteiger partial charge in [0.05, 0.1) is 6.54 Å². The van der Waals surface area contributed by atoms with Gasteiger partial charge in [-0.15, -0.1) is 0 Å². The fraction of sp³-hybridized carbons (Fsp3) is 0.458. The van der Waals surface area contributed by atoms with Crippen LogP contribution in [0.5, 0.6) is 0 Å². The third-order valence-electron chi connectivity index (χ3n) is 6.19. The van der Waals surface area contributed by atoms with Crippen LogP contribution in [0.25, 0.3) is 11.1 Å². The molecule has 2 fully saturated rings. The summed E-state index contributed by atoms with van der Waals surface area (Å²) in [6, 6.07) is 18.0. The number of hydrogen-bond acceptors (Lipinski definition) is 3. The van der Waals surface area contributed by atoms with Gasteiger partial charge in [0.15, 0.2) is 0 Å². The Hall–Kier alpha value is -2.17. The summed E-state index contributed by atoms with van der Waals surface area (Å²) in [6.45, 7) is 4.15. The van der Waals surface area contributed by atoms with Gasteiger partial charge in [0.2, 0.25) is 0 Å². The average molecular weight is 379 g/mol. The van der Waals surface area contributed by atoms with Crippen molar-refractivity contribution in [1.82, 2.24) is 10.2 Å². The largest absolute Gasteiger partial charge is 0.480 e. The molecule has 0 aromatic heterocycles. The van der Waals surface area contributed by atoms with Crippen LogP contribution in [-0.4, -0.2) is 41.1 Å². The molecule has 4 nitrogen and oxygen atoms in total. The highest BCUT2D eigenvalue weighted by molar-refractivity contribution is 5.70. The molecule has 2 aromatic carbocycles. The average Bonchev–Trinajstić information content (AvgIpc) is 3.45. The van der Waals surface area contributed by atoms with Crippen LogP contribution in [0, 0.1) is 12.8 Å². The van der Waals surface area contributed by atoms with Crippen LogP contribution in [0.2, 0.25) is 0 Å². The highest BCUT2D eigenvalue weighted by Gasteiger charge is 2.36. The van der Waals surface area contributed by atoms with Crippen LogP contribution >= 0.6 is 0 Å². The van der Waals surface area contributed by atoms with E-state index in [0.717, 1.165) is 31.8 Å². The predicted molar refractivity (Wildman–Crippen MR) is 112 cm³/mol. The van der Waals surface area contributed by atoms with Crippen LogP contribution in [0.4, 0.5) is 0 Å². The molecule has 0 saturated heterocycles. The lowest BCUT2D eigenvalue weighted by atomic mass is 9.84. The lowest BCUT2D eigenvalue weighted by Gasteiger charge is -2.43. The molecule has 2 aliphatic rings. The summed E-state index contributed by atoms with van der Waals surface area (Å²) in [6.07, 6.45) is 4.62. The zero-order valence-corrected chi connectivity index (χ0v) is 16.6. The number of carboxylic acid groups (broad SMARTS) is 1. The minimum Gasteiger partial charge on any atom is -0.480 e. The van der Waals surface area contributed by atoms with Crippen molar-refractivity contribution in [2.45, 2.75) is 51.2 Å². The van der Waals surface area contributed by atoms with Crippen LogP contribution in [0.1, 0.15) is 36.8 Å². The maximum absolute atomic E-state index is 11.2. The Morgan fingerprint density at radius 2 is 1.75 bits per heavy atom. The first-order valence-electron chi connectivity index (χ1n) is 10.4. The summed E-state index contributed by atoms with van der Waals surface area (Å²) in [7, 11) is 0. The summed E-state index contributed by atoms with van der Waals surface area (Å²) in [4.78, 5) is 13.4. The van der Waals surface area contributed by atoms with Crippen molar-refractivity contribution in [1.29, 1.82) is 0 Å². The fourth-order valence-electron chi connectivity index (χ4n) is 4.27. The molecule has 0 bridgehead atoms. The Morgan fingerprint density at radius 3 is 2.43 bits per heavy atom. The van der Waals surface area contributed by atoms with E-state index < -0.39 is 5.97 Å². The molecule has 148 valence electrons. The summed E-state index contributed by atoms with van der Waals surface area (Å²) in [5.41, 5.74) is 5.21. The van der Waals surface area contributed by atoms with Gasteiger partial charge in [-0.25, -0.2) is 0 Å². The van der Waals surface area contributed by atoms with E-state index in [0.29, 0.717) is 12.1 Å². The van der Waals surface area contributed by atoms with Crippen molar-refractivity contribution in [2.75, 3.05) is 13.1 Å². The Balaban J connectivity index is 1.34. The van der Waals surface area contributed by atoms with E-state index in [4.69, 9.17) is 0 Å². The van der Waals surface area contributed by atoms with Crippen molar-refractivity contribution in [3.63, 3.8) is 0 Å². The van der Waals surface area contributed by atoms with Crippen molar-refractivity contribution in [2.24, 2.45) is 5.92 Å². The van der Waals surface area contributed by atoms with E-state index >= 15 is 0 Å². The van der Waals surface area contributed by atoms with E-state index in [1.165, 1.54) is 35.1 Å². The van der Waals surface area contributed by atoms with E-state index in [2.05, 4.69) is 65.7 Å². The van der Waals surface area contributed by atoms with Gasteiger partial charge in [0.25, 0.3) is 0 Å². The van der Waals surface area contributed by atoms with Gasteiger partial charge in [0, 0.05) is 25.2 Å². The molecule has 2 saturated carbocycles. The van der Waals surface area contributed by atoms with Gasteiger partial charge < -0.3 is 10.4 Å². The van der Waals surface area contributed by atoms with Gasteiger partial charge in [-0.1, -0.05) is 48.5 Å². The number of aryl methyl sites for hydroxylation is 1. The zero-order chi connectivity index (χ0) is 19.5. The molecular formula is C24H30N2O2. The molecule has 28 heavy (non-hydrogen) atoms. The minimum atomic E-state index is -0.704. The first-order valence-corrected chi connectivity index (χ1v) is 10.4. The second-order valence-corrected chi connectivity index (χ2v) is 8.44. The molecule has 4 rings (SSSR count). The van der Waals surface area contributed by atoms with E-state index in [9.17, 15) is 9.90 Å². The molecule has 4 heteroatoms. The van der Waals surface area contributed by atoms with E-state index in [1.54, 1.807) is 0 Å². The van der Waals surface area contributed by atoms with Gasteiger partial charge >= 0.3 is 5.97 Å². The quantitative estimate of drug-likeness (QED) is 0.690. The molecule has 2 aliphatic carbocycles. The van der Waals surface area contributed by atoms with Crippen LogP contribution in [0.3, 0.4) is 0 Å². The normalized spacial score (nSPS) is 21.5. The summed E-state index contributed by atoms with van der Waals surface area (Å²) in [5, 5.41) is 12.9. The molecule has 0 aliphatic heterocycles. The van der Waals surface area contributed by atoms with Gasteiger partial charge in [-0.05, 0) is 60.8 Å². The third-order valence-corrected chi connectivity index (χ3v) is 6.19. The zero-order valence-electron chi connectivity index (χ0n) is 16.6. The molecule has 0 amide bonds. The lowest BCUT2D eigenvalue weighted by Crippen LogP contribution is -2.54. The Morgan fingerprint density at radius 1 is 1.07 bits per heavy atom. The summed E-state index contributed by atoms with van der Waals surface area (Å²) in [5.74, 6) is 0.0246. The van der Waals surface area contributed by atoms with Crippen molar-refractivity contribution in [3.05, 3.63) is 59.7 Å². The maximum atomic E-state index is 11.2. The number of rotatable bonds is 9. The van der Waals surface area contributed by atoms with E-state index in [1.807, 2.05) is 0 Å². The predicted octanol–water partition coefficient (Wildman–Crippen LogP) is 4.08. The number of carbonyl (C=O) groups is 1. The second-order valence-electron chi connectivity index (χ2n) is 8.44. The van der Waals surface area contributed by atoms with Crippen molar-refractivity contribution < 1.29 is 9.90 Å². The summed E-state index contributed by atoms with van der Waals surface area (Å²) >= 11 is 0. The van der Waals surface area contributed by atoms with Crippen molar-refractivity contribution >= 4 is 5.97 Å². The molecular weight excluding hydrogens is 348 g/mol. The lowest BCUT2D eigenvalue weighted by molar-refractivity contribution is -0.139. The Kier molecular flexibility index (Phi) is 5.79. The van der Waals surface area contributed by atoms with Gasteiger partial charge in [-0.3, -0.25) is 9.69 Å². The molecule has 0 radical (unpaired) electrons. The number of nitrogens with one attached hydrogen (secondary N) is 1. The highest BCUT2D eigenvalue weighted by Crippen LogP contribution is 2.34. The minimum absolute atomic E-state index is 0.185. The topological polar surface area (TPSA) is 52.6 Å². The van der Waals surface area contributed by atoms with Crippen LogP contribution in [0.15, 0.2) is 48.5 Å². The number of nitrogens with zero attached hydrogens (tertiary/aromatic N) is 1. The highest BCUT2D eigenvalue weighted by atomic mass is 16.4. The molecule has 0 unspecified atom stereocenters. The van der Waals surface area contributed by atoms with Crippen LogP contribution < -0.4 is 5.32 Å². The molecule has 0 atom stereocenters.